The van der Waals surface area contributed by atoms with Gasteiger partial charge in [0, 0.05) is 19.1 Å². The fourth-order valence-corrected chi connectivity index (χ4v) is 2.90. The van der Waals surface area contributed by atoms with Crippen LogP contribution in [-0.4, -0.2) is 41.7 Å². The number of carboxylic acid groups (broad SMARTS) is 1. The van der Waals surface area contributed by atoms with Crippen LogP contribution in [0.5, 0.6) is 0 Å². The van der Waals surface area contributed by atoms with E-state index in [-0.39, 0.29) is 0 Å². The van der Waals surface area contributed by atoms with Gasteiger partial charge in [-0.25, -0.2) is 0 Å². The summed E-state index contributed by atoms with van der Waals surface area (Å²) in [6, 6.07) is 11.0. The molecule has 2 N–H and O–H groups in total. The Morgan fingerprint density at radius 2 is 2.09 bits per heavy atom. The number of benzene rings is 1. The lowest BCUT2D eigenvalue weighted by Gasteiger charge is -2.34. The molecule has 2 rings (SSSR count). The first-order valence-electron chi connectivity index (χ1n) is 8.20. The largest absolute Gasteiger partial charge is 0.481 e. The lowest BCUT2D eigenvalue weighted by atomic mass is 9.89. The molecule has 0 spiro atoms. The van der Waals surface area contributed by atoms with E-state index in [2.05, 4.69) is 34.5 Å². The van der Waals surface area contributed by atoms with Crippen molar-refractivity contribution in [3.8, 4) is 0 Å². The fourth-order valence-electron chi connectivity index (χ4n) is 2.90. The summed E-state index contributed by atoms with van der Waals surface area (Å²) in [5, 5.41) is 12.7. The molecular formula is C18H28N2O2. The van der Waals surface area contributed by atoms with E-state index in [1.807, 2.05) is 6.07 Å². The maximum Gasteiger partial charge on any atom is 0.309 e. The number of carbonyl (C=O) groups is 1. The van der Waals surface area contributed by atoms with Crippen molar-refractivity contribution >= 4 is 5.97 Å². The van der Waals surface area contributed by atoms with Gasteiger partial charge in [-0.15, -0.1) is 0 Å². The van der Waals surface area contributed by atoms with E-state index in [0.29, 0.717) is 12.5 Å². The number of hydrogen-bond acceptors (Lipinski definition) is 3. The minimum atomic E-state index is -0.719. The first kappa shape index (κ1) is 17.0. The molecule has 4 nitrogen and oxygen atoms in total. The summed E-state index contributed by atoms with van der Waals surface area (Å²) in [6.07, 6.45) is 3.04. The highest BCUT2D eigenvalue weighted by molar-refractivity contribution is 5.73. The Labute approximate surface area is 133 Å². The molecule has 0 aromatic heterocycles. The van der Waals surface area contributed by atoms with E-state index in [1.165, 1.54) is 18.4 Å². The van der Waals surface area contributed by atoms with Crippen molar-refractivity contribution in [1.82, 2.24) is 10.2 Å². The van der Waals surface area contributed by atoms with E-state index in [4.69, 9.17) is 5.11 Å². The van der Waals surface area contributed by atoms with Gasteiger partial charge in [-0.1, -0.05) is 30.3 Å². The van der Waals surface area contributed by atoms with E-state index in [1.54, 1.807) is 13.8 Å². The third-order valence-corrected chi connectivity index (χ3v) is 4.52. The molecule has 4 heteroatoms. The molecule has 122 valence electrons. The van der Waals surface area contributed by atoms with Crippen LogP contribution in [0.15, 0.2) is 30.3 Å². The average molecular weight is 304 g/mol. The van der Waals surface area contributed by atoms with Crippen LogP contribution in [0.1, 0.15) is 38.7 Å². The predicted molar refractivity (Wildman–Crippen MR) is 88.8 cm³/mol. The van der Waals surface area contributed by atoms with Crippen LogP contribution in [0.2, 0.25) is 0 Å². The van der Waals surface area contributed by atoms with Crippen molar-refractivity contribution < 1.29 is 9.90 Å². The Morgan fingerprint density at radius 1 is 1.36 bits per heavy atom. The van der Waals surface area contributed by atoms with Crippen molar-refractivity contribution in [3.63, 3.8) is 0 Å². The number of piperidine rings is 1. The first-order valence-corrected chi connectivity index (χ1v) is 8.20. The van der Waals surface area contributed by atoms with E-state index in [9.17, 15) is 4.79 Å². The van der Waals surface area contributed by atoms with Crippen LogP contribution in [0.3, 0.4) is 0 Å². The molecule has 1 atom stereocenters. The molecule has 1 aliphatic rings. The van der Waals surface area contributed by atoms with Gasteiger partial charge in [0.2, 0.25) is 0 Å². The summed E-state index contributed by atoms with van der Waals surface area (Å²) in [5.74, 6) is -0.719. The zero-order valence-electron chi connectivity index (χ0n) is 13.7. The molecule has 0 radical (unpaired) electrons. The molecule has 1 aromatic carbocycles. The van der Waals surface area contributed by atoms with Crippen LogP contribution in [0.4, 0.5) is 0 Å². The zero-order chi connectivity index (χ0) is 16.0. The molecule has 0 aliphatic carbocycles. The van der Waals surface area contributed by atoms with Gasteiger partial charge in [0.05, 0.1) is 5.41 Å². The number of hydrogen-bond donors (Lipinski definition) is 2. The van der Waals surface area contributed by atoms with Crippen LogP contribution < -0.4 is 5.32 Å². The SMILES string of the molecule is CC(C)(CCNC1CCCN(Cc2ccccc2)C1)C(=O)O. The maximum atomic E-state index is 11.1. The summed E-state index contributed by atoms with van der Waals surface area (Å²) in [4.78, 5) is 13.6. The van der Waals surface area contributed by atoms with Crippen molar-refractivity contribution in [2.45, 2.75) is 45.7 Å². The lowest BCUT2D eigenvalue weighted by molar-refractivity contribution is -0.147. The lowest BCUT2D eigenvalue weighted by Crippen LogP contribution is -2.46. The normalized spacial score (nSPS) is 20.0. The number of nitrogens with zero attached hydrogens (tertiary/aromatic N) is 1. The highest BCUT2D eigenvalue weighted by atomic mass is 16.4. The summed E-state index contributed by atoms with van der Waals surface area (Å²) >= 11 is 0. The summed E-state index contributed by atoms with van der Waals surface area (Å²) in [7, 11) is 0. The molecule has 0 bridgehead atoms. The van der Waals surface area contributed by atoms with Crippen LogP contribution >= 0.6 is 0 Å². The molecule has 0 saturated carbocycles. The summed E-state index contributed by atoms with van der Waals surface area (Å²) < 4.78 is 0. The highest BCUT2D eigenvalue weighted by Gasteiger charge is 2.27. The van der Waals surface area contributed by atoms with E-state index in [0.717, 1.165) is 26.2 Å². The molecule has 1 aliphatic heterocycles. The first-order chi connectivity index (χ1) is 10.5. The van der Waals surface area contributed by atoms with Crippen molar-refractivity contribution in [2.75, 3.05) is 19.6 Å². The Bertz CT molecular complexity index is 473. The standard InChI is InChI=1S/C18H28N2O2/c1-18(2,17(21)22)10-11-19-16-9-6-12-20(14-16)13-15-7-4-3-5-8-15/h3-5,7-8,16,19H,6,9-14H2,1-2H3,(H,21,22). The Balaban J connectivity index is 1.75. The van der Waals surface area contributed by atoms with Gasteiger partial charge in [-0.3, -0.25) is 9.69 Å². The van der Waals surface area contributed by atoms with E-state index < -0.39 is 11.4 Å². The minimum Gasteiger partial charge on any atom is -0.481 e. The van der Waals surface area contributed by atoms with Crippen molar-refractivity contribution in [1.29, 1.82) is 0 Å². The Morgan fingerprint density at radius 3 is 2.77 bits per heavy atom. The second kappa shape index (κ2) is 7.75. The van der Waals surface area contributed by atoms with Crippen molar-refractivity contribution in [3.05, 3.63) is 35.9 Å². The van der Waals surface area contributed by atoms with E-state index >= 15 is 0 Å². The van der Waals surface area contributed by atoms with Gasteiger partial charge in [0.25, 0.3) is 0 Å². The van der Waals surface area contributed by atoms with Crippen molar-refractivity contribution in [2.24, 2.45) is 5.41 Å². The molecular weight excluding hydrogens is 276 g/mol. The minimum absolute atomic E-state index is 0.474. The number of carboxylic acids is 1. The van der Waals surface area contributed by atoms with Gasteiger partial charge in [0.15, 0.2) is 0 Å². The van der Waals surface area contributed by atoms with Gasteiger partial charge in [-0.05, 0) is 51.8 Å². The third-order valence-electron chi connectivity index (χ3n) is 4.52. The van der Waals surface area contributed by atoms with Gasteiger partial charge >= 0.3 is 5.97 Å². The van der Waals surface area contributed by atoms with Gasteiger partial charge < -0.3 is 10.4 Å². The zero-order valence-corrected chi connectivity index (χ0v) is 13.7. The molecule has 1 unspecified atom stereocenters. The number of nitrogens with one attached hydrogen (secondary N) is 1. The topological polar surface area (TPSA) is 52.6 Å². The Kier molecular flexibility index (Phi) is 5.98. The van der Waals surface area contributed by atoms with Crippen LogP contribution in [0, 0.1) is 5.41 Å². The maximum absolute atomic E-state index is 11.1. The fraction of sp³-hybridized carbons (Fsp3) is 0.611. The second-order valence-corrected chi connectivity index (χ2v) is 6.95. The molecule has 0 amide bonds. The summed E-state index contributed by atoms with van der Waals surface area (Å²) in [6.45, 7) is 7.54. The highest BCUT2D eigenvalue weighted by Crippen LogP contribution is 2.20. The third kappa shape index (κ3) is 5.11. The second-order valence-electron chi connectivity index (χ2n) is 6.95. The predicted octanol–water partition coefficient (Wildman–Crippen LogP) is 2.74. The average Bonchev–Trinajstić information content (AvgIpc) is 2.48. The summed E-state index contributed by atoms with van der Waals surface area (Å²) in [5.41, 5.74) is 0.709. The van der Waals surface area contributed by atoms with Gasteiger partial charge in [-0.2, -0.15) is 0 Å². The number of rotatable bonds is 7. The molecule has 1 aromatic rings. The monoisotopic (exact) mass is 304 g/mol. The molecule has 22 heavy (non-hydrogen) atoms. The van der Waals surface area contributed by atoms with Crippen LogP contribution in [-0.2, 0) is 11.3 Å². The van der Waals surface area contributed by atoms with Gasteiger partial charge in [0.1, 0.15) is 0 Å². The molecule has 1 heterocycles. The molecule has 1 saturated heterocycles. The van der Waals surface area contributed by atoms with Crippen LogP contribution in [0.25, 0.3) is 0 Å². The number of likely N-dealkylation sites (tertiary alicyclic amines) is 1. The smallest absolute Gasteiger partial charge is 0.309 e. The number of aliphatic carboxylic acids is 1. The molecule has 1 fully saturated rings. The Hall–Kier alpha value is -1.39. The quantitative estimate of drug-likeness (QED) is 0.813.